The van der Waals surface area contributed by atoms with Gasteiger partial charge >= 0.3 is 5.97 Å². The van der Waals surface area contributed by atoms with Crippen LogP contribution in [-0.2, 0) is 16.0 Å². The van der Waals surface area contributed by atoms with E-state index in [1.807, 2.05) is 6.07 Å². The third-order valence-electron chi connectivity index (χ3n) is 2.62. The van der Waals surface area contributed by atoms with Gasteiger partial charge in [0.1, 0.15) is 5.78 Å². The number of carbonyl (C=O) groups is 2. The van der Waals surface area contributed by atoms with Crippen molar-refractivity contribution in [2.75, 3.05) is 7.11 Å². The summed E-state index contributed by atoms with van der Waals surface area (Å²) in [7, 11) is 1.35. The highest BCUT2D eigenvalue weighted by Crippen LogP contribution is 2.12. The Balaban J connectivity index is 2.76. The lowest BCUT2D eigenvalue weighted by molar-refractivity contribution is -0.118. The maximum Gasteiger partial charge on any atom is 0.338 e. The van der Waals surface area contributed by atoms with Crippen LogP contribution < -0.4 is 0 Å². The average Bonchev–Trinajstić information content (AvgIpc) is 2.36. The van der Waals surface area contributed by atoms with Crippen molar-refractivity contribution in [3.8, 4) is 0 Å². The molecule has 0 fully saturated rings. The Morgan fingerprint density at radius 2 is 1.94 bits per heavy atom. The molecule has 0 amide bonds. The molecule has 0 aliphatic carbocycles. The van der Waals surface area contributed by atoms with Crippen LogP contribution in [0.25, 0.3) is 0 Å². The van der Waals surface area contributed by atoms with Crippen molar-refractivity contribution in [2.45, 2.75) is 32.6 Å². The molecule has 0 aromatic heterocycles. The van der Waals surface area contributed by atoms with Crippen LogP contribution in [-0.4, -0.2) is 18.9 Å². The summed E-state index contributed by atoms with van der Waals surface area (Å²) in [6.07, 6.45) is 2.79. The van der Waals surface area contributed by atoms with Gasteiger partial charge in [0.15, 0.2) is 0 Å². The van der Waals surface area contributed by atoms with E-state index in [0.29, 0.717) is 18.4 Å². The Kier molecular flexibility index (Phi) is 5.40. The summed E-state index contributed by atoms with van der Waals surface area (Å²) in [5.74, 6) is -0.216. The molecule has 0 atom stereocenters. The van der Waals surface area contributed by atoms with Crippen LogP contribution in [0.4, 0.5) is 0 Å². The highest BCUT2D eigenvalue weighted by Gasteiger charge is 2.13. The molecule has 0 heterocycles. The number of unbranched alkanes of at least 4 members (excludes halogenated alkanes) is 1. The van der Waals surface area contributed by atoms with Crippen molar-refractivity contribution in [3.05, 3.63) is 35.4 Å². The molecule has 1 aromatic carbocycles. The van der Waals surface area contributed by atoms with Gasteiger partial charge in [-0.05, 0) is 18.1 Å². The van der Waals surface area contributed by atoms with Gasteiger partial charge in [0.2, 0.25) is 0 Å². The van der Waals surface area contributed by atoms with E-state index in [4.69, 9.17) is 0 Å². The average molecular weight is 234 g/mol. The zero-order valence-electron chi connectivity index (χ0n) is 10.4. The first kappa shape index (κ1) is 13.4. The van der Waals surface area contributed by atoms with Crippen molar-refractivity contribution in [1.29, 1.82) is 0 Å². The van der Waals surface area contributed by atoms with Gasteiger partial charge in [0.25, 0.3) is 0 Å². The third kappa shape index (κ3) is 4.02. The Morgan fingerprint density at radius 3 is 2.59 bits per heavy atom. The van der Waals surface area contributed by atoms with E-state index in [0.717, 1.165) is 18.4 Å². The van der Waals surface area contributed by atoms with E-state index in [-0.39, 0.29) is 11.8 Å². The maximum atomic E-state index is 11.7. The standard InChI is InChI=1S/C14H18O3/c1-3-4-8-12(15)10-11-7-5-6-9-13(11)14(16)17-2/h5-7,9H,3-4,8,10H2,1-2H3. The first-order valence-electron chi connectivity index (χ1n) is 5.87. The summed E-state index contributed by atoms with van der Waals surface area (Å²) >= 11 is 0. The van der Waals surface area contributed by atoms with E-state index in [2.05, 4.69) is 11.7 Å². The van der Waals surface area contributed by atoms with E-state index in [1.54, 1.807) is 18.2 Å². The number of carbonyl (C=O) groups excluding carboxylic acids is 2. The zero-order valence-corrected chi connectivity index (χ0v) is 10.4. The van der Waals surface area contributed by atoms with Crippen molar-refractivity contribution in [1.82, 2.24) is 0 Å². The number of ether oxygens (including phenoxy) is 1. The fourth-order valence-electron chi connectivity index (χ4n) is 1.66. The van der Waals surface area contributed by atoms with Gasteiger partial charge in [-0.25, -0.2) is 4.79 Å². The van der Waals surface area contributed by atoms with Crippen molar-refractivity contribution in [3.63, 3.8) is 0 Å². The van der Waals surface area contributed by atoms with Crippen LogP contribution in [0.1, 0.15) is 42.1 Å². The molecule has 0 radical (unpaired) electrons. The number of benzene rings is 1. The largest absolute Gasteiger partial charge is 0.465 e. The molecule has 3 heteroatoms. The van der Waals surface area contributed by atoms with Crippen LogP contribution in [0.2, 0.25) is 0 Å². The van der Waals surface area contributed by atoms with Crippen LogP contribution >= 0.6 is 0 Å². The van der Waals surface area contributed by atoms with Gasteiger partial charge in [-0.1, -0.05) is 31.5 Å². The number of Topliss-reactive ketones (excluding diaryl/α,β-unsaturated/α-hetero) is 1. The van der Waals surface area contributed by atoms with E-state index in [1.165, 1.54) is 7.11 Å². The van der Waals surface area contributed by atoms with Crippen LogP contribution in [0.15, 0.2) is 24.3 Å². The minimum absolute atomic E-state index is 0.170. The number of esters is 1. The summed E-state index contributed by atoms with van der Waals surface area (Å²) < 4.78 is 4.69. The third-order valence-corrected chi connectivity index (χ3v) is 2.62. The number of methoxy groups -OCH3 is 1. The fraction of sp³-hybridized carbons (Fsp3) is 0.429. The lowest BCUT2D eigenvalue weighted by Crippen LogP contribution is -2.10. The molecule has 0 aliphatic rings. The predicted octanol–water partition coefficient (Wildman–Crippen LogP) is 2.78. The molecule has 0 saturated carbocycles. The monoisotopic (exact) mass is 234 g/mol. The Hall–Kier alpha value is -1.64. The molecule has 1 aromatic rings. The summed E-state index contributed by atoms with van der Waals surface area (Å²) in [4.78, 5) is 23.2. The van der Waals surface area contributed by atoms with Crippen LogP contribution in [0.5, 0.6) is 0 Å². The molecule has 17 heavy (non-hydrogen) atoms. The molecular weight excluding hydrogens is 216 g/mol. The SMILES string of the molecule is CCCCC(=O)Cc1ccccc1C(=O)OC. The van der Waals surface area contributed by atoms with Crippen LogP contribution in [0, 0.1) is 0 Å². The molecule has 0 saturated heterocycles. The summed E-state index contributed by atoms with van der Waals surface area (Å²) in [6, 6.07) is 7.09. The van der Waals surface area contributed by atoms with Gasteiger partial charge < -0.3 is 4.74 Å². The minimum Gasteiger partial charge on any atom is -0.465 e. The van der Waals surface area contributed by atoms with Gasteiger partial charge in [0.05, 0.1) is 12.7 Å². The quantitative estimate of drug-likeness (QED) is 0.711. The first-order chi connectivity index (χ1) is 8.19. The normalized spacial score (nSPS) is 10.0. The topological polar surface area (TPSA) is 43.4 Å². The fourth-order valence-corrected chi connectivity index (χ4v) is 1.66. The molecule has 1 rings (SSSR count). The Morgan fingerprint density at radius 1 is 1.24 bits per heavy atom. The maximum absolute atomic E-state index is 11.7. The lowest BCUT2D eigenvalue weighted by atomic mass is 10.00. The first-order valence-corrected chi connectivity index (χ1v) is 5.87. The summed E-state index contributed by atoms with van der Waals surface area (Å²) in [6.45, 7) is 2.05. The van der Waals surface area contributed by atoms with E-state index < -0.39 is 0 Å². The number of rotatable bonds is 6. The molecule has 0 bridgehead atoms. The summed E-state index contributed by atoms with van der Waals surface area (Å²) in [5.41, 5.74) is 1.24. The van der Waals surface area contributed by atoms with Gasteiger partial charge in [-0.2, -0.15) is 0 Å². The second-order valence-corrected chi connectivity index (χ2v) is 3.97. The zero-order chi connectivity index (χ0) is 12.7. The van der Waals surface area contributed by atoms with Crippen LogP contribution in [0.3, 0.4) is 0 Å². The second-order valence-electron chi connectivity index (χ2n) is 3.97. The van der Waals surface area contributed by atoms with Gasteiger partial charge in [-0.3, -0.25) is 4.79 Å². The molecule has 0 unspecified atom stereocenters. The predicted molar refractivity (Wildman–Crippen MR) is 66.0 cm³/mol. The van der Waals surface area contributed by atoms with Crippen molar-refractivity contribution < 1.29 is 14.3 Å². The second kappa shape index (κ2) is 6.84. The summed E-state index contributed by atoms with van der Waals surface area (Å²) in [5, 5.41) is 0. The highest BCUT2D eigenvalue weighted by molar-refractivity contribution is 5.93. The smallest absolute Gasteiger partial charge is 0.338 e. The minimum atomic E-state index is -0.385. The molecular formula is C14H18O3. The number of hydrogen-bond acceptors (Lipinski definition) is 3. The molecule has 0 N–H and O–H groups in total. The van der Waals surface area contributed by atoms with Gasteiger partial charge in [0, 0.05) is 12.8 Å². The van der Waals surface area contributed by atoms with Crippen molar-refractivity contribution >= 4 is 11.8 Å². The molecule has 0 aliphatic heterocycles. The molecule has 92 valence electrons. The lowest BCUT2D eigenvalue weighted by Gasteiger charge is -2.06. The van der Waals surface area contributed by atoms with E-state index >= 15 is 0 Å². The molecule has 0 spiro atoms. The van der Waals surface area contributed by atoms with Crippen molar-refractivity contribution in [2.24, 2.45) is 0 Å². The molecule has 3 nitrogen and oxygen atoms in total. The van der Waals surface area contributed by atoms with E-state index in [9.17, 15) is 9.59 Å². The Labute approximate surface area is 102 Å². The van der Waals surface area contributed by atoms with Gasteiger partial charge in [-0.15, -0.1) is 0 Å². The Bertz CT molecular complexity index is 396. The number of hydrogen-bond donors (Lipinski definition) is 0. The number of ketones is 1. The highest BCUT2D eigenvalue weighted by atomic mass is 16.5.